The van der Waals surface area contributed by atoms with Gasteiger partial charge in [-0.15, -0.1) is 0 Å². The summed E-state index contributed by atoms with van der Waals surface area (Å²) >= 11 is 0. The van der Waals surface area contributed by atoms with Gasteiger partial charge in [0.2, 0.25) is 0 Å². The molecule has 2 rings (SSSR count). The maximum absolute atomic E-state index is 6.28. The molecule has 0 aromatic carbocycles. The van der Waals surface area contributed by atoms with Crippen molar-refractivity contribution >= 4 is 14.2 Å². The first kappa shape index (κ1) is 21.0. The summed E-state index contributed by atoms with van der Waals surface area (Å²) in [7, 11) is -0.859. The molecule has 142 valence electrons. The zero-order valence-corrected chi connectivity index (χ0v) is 17.7. The lowest BCUT2D eigenvalue weighted by Crippen LogP contribution is -2.41. The van der Waals surface area contributed by atoms with E-state index in [1.807, 2.05) is 0 Å². The molecule has 0 radical (unpaired) electrons. The number of rotatable bonds is 6. The third kappa shape index (κ3) is 4.18. The lowest BCUT2D eigenvalue weighted by Gasteiger charge is -2.32. The molecule has 0 spiro atoms. The molecule has 4 nitrogen and oxygen atoms in total. The molecule has 0 atom stereocenters. The molecule has 0 aromatic heterocycles. The van der Waals surface area contributed by atoms with Gasteiger partial charge in [0, 0.05) is 0 Å². The Morgan fingerprint density at radius 3 is 1.36 bits per heavy atom. The Morgan fingerprint density at radius 1 is 0.680 bits per heavy atom. The summed E-state index contributed by atoms with van der Waals surface area (Å²) in [4.78, 5) is 0. The SMILES string of the molecule is CCCCCC=C(B1OC(C)(C)C(C)(C)O1)B1OC(C)(C)C(C)(C)O1. The highest BCUT2D eigenvalue weighted by Gasteiger charge is 2.59. The summed E-state index contributed by atoms with van der Waals surface area (Å²) in [6, 6.07) is 0. The number of hydrogen-bond donors (Lipinski definition) is 0. The molecular formula is C19H36B2O4. The van der Waals surface area contributed by atoms with Crippen LogP contribution < -0.4 is 0 Å². The fourth-order valence-electron chi connectivity index (χ4n) is 2.92. The molecule has 0 aliphatic carbocycles. The summed E-state index contributed by atoms with van der Waals surface area (Å²) in [6.45, 7) is 18.8. The van der Waals surface area contributed by atoms with Crippen LogP contribution in [0.2, 0.25) is 0 Å². The van der Waals surface area contributed by atoms with Crippen molar-refractivity contribution in [2.45, 2.75) is 110 Å². The van der Waals surface area contributed by atoms with E-state index in [4.69, 9.17) is 18.6 Å². The molecule has 0 N–H and O–H groups in total. The predicted molar refractivity (Wildman–Crippen MR) is 104 cm³/mol. The van der Waals surface area contributed by atoms with E-state index in [0.717, 1.165) is 18.2 Å². The summed E-state index contributed by atoms with van der Waals surface area (Å²) in [5, 5.41) is 0.966. The average Bonchev–Trinajstić information content (AvgIpc) is 2.78. The second-order valence-corrected chi connectivity index (χ2v) is 9.38. The molecule has 0 bridgehead atoms. The Morgan fingerprint density at radius 2 is 1.04 bits per heavy atom. The Hall–Kier alpha value is -0.290. The Balaban J connectivity index is 2.24. The number of allylic oxidation sites excluding steroid dienone is 1. The minimum absolute atomic E-state index is 0.371. The Labute approximate surface area is 155 Å². The highest BCUT2D eigenvalue weighted by atomic mass is 16.7. The van der Waals surface area contributed by atoms with Crippen LogP contribution >= 0.6 is 0 Å². The molecule has 0 amide bonds. The van der Waals surface area contributed by atoms with Crippen LogP contribution in [0.3, 0.4) is 0 Å². The zero-order valence-electron chi connectivity index (χ0n) is 17.7. The van der Waals surface area contributed by atoms with E-state index in [-0.39, 0.29) is 22.4 Å². The van der Waals surface area contributed by atoms with Gasteiger partial charge < -0.3 is 18.6 Å². The van der Waals surface area contributed by atoms with Crippen LogP contribution in [-0.4, -0.2) is 36.6 Å². The fraction of sp³-hybridized carbons (Fsp3) is 0.895. The fourth-order valence-corrected chi connectivity index (χ4v) is 2.92. The van der Waals surface area contributed by atoms with Crippen LogP contribution in [0.1, 0.15) is 88.0 Å². The second-order valence-electron chi connectivity index (χ2n) is 9.38. The summed E-state index contributed by atoms with van der Waals surface area (Å²) in [6.07, 6.45) is 6.77. The van der Waals surface area contributed by atoms with Crippen molar-refractivity contribution in [2.75, 3.05) is 0 Å². The molecular weight excluding hydrogens is 314 g/mol. The van der Waals surface area contributed by atoms with Crippen LogP contribution in [0.15, 0.2) is 11.4 Å². The smallest absolute Gasteiger partial charge is 0.400 e. The van der Waals surface area contributed by atoms with Crippen molar-refractivity contribution in [3.05, 3.63) is 11.4 Å². The number of unbranched alkanes of at least 4 members (excludes halogenated alkanes) is 3. The van der Waals surface area contributed by atoms with E-state index in [1.54, 1.807) is 0 Å². The zero-order chi connectivity index (χ0) is 19.1. The van der Waals surface area contributed by atoms with Crippen molar-refractivity contribution in [1.82, 2.24) is 0 Å². The van der Waals surface area contributed by atoms with Gasteiger partial charge in [-0.2, -0.15) is 0 Å². The molecule has 2 aliphatic heterocycles. The Bertz CT molecular complexity index is 442. The van der Waals surface area contributed by atoms with Gasteiger partial charge in [0.25, 0.3) is 0 Å². The highest BCUT2D eigenvalue weighted by molar-refractivity contribution is 6.78. The standard InChI is InChI=1S/C19H36B2O4/c1-10-11-12-13-14-15(20-22-16(2,3)17(4,5)23-20)21-24-18(6,7)19(8,9)25-21/h14H,10-13H2,1-9H3. The normalized spacial score (nSPS) is 26.1. The van der Waals surface area contributed by atoms with Gasteiger partial charge >= 0.3 is 14.2 Å². The van der Waals surface area contributed by atoms with E-state index < -0.39 is 14.2 Å². The first-order valence-electron chi connectivity index (χ1n) is 9.74. The maximum atomic E-state index is 6.28. The summed E-state index contributed by atoms with van der Waals surface area (Å²) in [5.41, 5.74) is -1.48. The first-order chi connectivity index (χ1) is 11.3. The van der Waals surface area contributed by atoms with Crippen molar-refractivity contribution in [1.29, 1.82) is 0 Å². The maximum Gasteiger partial charge on any atom is 0.486 e. The van der Waals surface area contributed by atoms with Crippen molar-refractivity contribution in [2.24, 2.45) is 0 Å². The molecule has 2 heterocycles. The third-order valence-corrected chi connectivity index (χ3v) is 6.24. The highest BCUT2D eigenvalue weighted by Crippen LogP contribution is 2.43. The lowest BCUT2D eigenvalue weighted by atomic mass is 9.57. The number of hydrogen-bond acceptors (Lipinski definition) is 4. The molecule has 25 heavy (non-hydrogen) atoms. The Kier molecular flexibility index (Phi) is 5.91. The third-order valence-electron chi connectivity index (χ3n) is 6.24. The van der Waals surface area contributed by atoms with Gasteiger partial charge in [-0.05, 0) is 73.6 Å². The van der Waals surface area contributed by atoms with Gasteiger partial charge in [-0.3, -0.25) is 0 Å². The second kappa shape index (κ2) is 7.03. The minimum Gasteiger partial charge on any atom is -0.400 e. The van der Waals surface area contributed by atoms with Crippen LogP contribution in [-0.2, 0) is 18.6 Å². The van der Waals surface area contributed by atoms with Crippen LogP contribution in [0.25, 0.3) is 0 Å². The van der Waals surface area contributed by atoms with Gasteiger partial charge in [-0.1, -0.05) is 25.8 Å². The quantitative estimate of drug-likeness (QED) is 0.512. The molecule has 2 aliphatic rings. The van der Waals surface area contributed by atoms with Crippen LogP contribution in [0.5, 0.6) is 0 Å². The summed E-state index contributed by atoms with van der Waals surface area (Å²) in [5.74, 6) is 0. The first-order valence-corrected chi connectivity index (χ1v) is 9.74. The van der Waals surface area contributed by atoms with E-state index in [0.29, 0.717) is 0 Å². The molecule has 6 heteroatoms. The van der Waals surface area contributed by atoms with Gasteiger partial charge in [0.05, 0.1) is 22.4 Å². The van der Waals surface area contributed by atoms with Gasteiger partial charge in [0.15, 0.2) is 0 Å². The molecule has 0 saturated carbocycles. The summed E-state index contributed by atoms with van der Waals surface area (Å²) < 4.78 is 25.1. The average molecular weight is 350 g/mol. The van der Waals surface area contributed by atoms with Crippen molar-refractivity contribution in [3.63, 3.8) is 0 Å². The van der Waals surface area contributed by atoms with E-state index in [2.05, 4.69) is 68.4 Å². The van der Waals surface area contributed by atoms with Gasteiger partial charge in [0.1, 0.15) is 0 Å². The molecule has 0 aromatic rings. The van der Waals surface area contributed by atoms with Crippen LogP contribution in [0.4, 0.5) is 0 Å². The predicted octanol–water partition coefficient (Wildman–Crippen LogP) is 4.76. The topological polar surface area (TPSA) is 36.9 Å². The lowest BCUT2D eigenvalue weighted by molar-refractivity contribution is 0.00578. The van der Waals surface area contributed by atoms with E-state index in [1.165, 1.54) is 12.8 Å². The van der Waals surface area contributed by atoms with E-state index >= 15 is 0 Å². The van der Waals surface area contributed by atoms with Crippen molar-refractivity contribution in [3.8, 4) is 0 Å². The van der Waals surface area contributed by atoms with Gasteiger partial charge in [-0.25, -0.2) is 0 Å². The molecule has 0 unspecified atom stereocenters. The van der Waals surface area contributed by atoms with Crippen molar-refractivity contribution < 1.29 is 18.6 Å². The molecule has 2 fully saturated rings. The van der Waals surface area contributed by atoms with E-state index in [9.17, 15) is 0 Å². The largest absolute Gasteiger partial charge is 0.486 e. The minimum atomic E-state index is -0.429. The molecule has 2 saturated heterocycles. The monoisotopic (exact) mass is 350 g/mol. The van der Waals surface area contributed by atoms with Crippen LogP contribution in [0, 0.1) is 0 Å².